The number of hydrogen-bond acceptors (Lipinski definition) is 3. The molecule has 122 valence electrons. The molecule has 2 rings (SSSR count). The lowest BCUT2D eigenvalue weighted by Gasteiger charge is -2.19. The SMILES string of the molecule is O=C(CCCCl)N1CCC(c2ccccc2F)S(=O)(=O)CC1. The van der Waals surface area contributed by atoms with Crippen molar-refractivity contribution < 1.29 is 17.6 Å². The molecule has 0 N–H and O–H groups in total. The van der Waals surface area contributed by atoms with E-state index in [0.29, 0.717) is 25.3 Å². The molecular weight excluding hydrogens is 329 g/mol. The zero-order valence-electron chi connectivity index (χ0n) is 12.2. The Bertz CT molecular complexity index is 635. The van der Waals surface area contributed by atoms with E-state index in [-0.39, 0.29) is 30.2 Å². The number of benzene rings is 1. The van der Waals surface area contributed by atoms with Crippen LogP contribution in [-0.2, 0) is 14.6 Å². The van der Waals surface area contributed by atoms with E-state index < -0.39 is 20.9 Å². The van der Waals surface area contributed by atoms with Crippen LogP contribution >= 0.6 is 11.6 Å². The van der Waals surface area contributed by atoms with Crippen LogP contribution in [0.2, 0.25) is 0 Å². The first-order valence-electron chi connectivity index (χ1n) is 7.25. The van der Waals surface area contributed by atoms with E-state index in [4.69, 9.17) is 11.6 Å². The predicted molar refractivity (Wildman–Crippen MR) is 84.1 cm³/mol. The second-order valence-corrected chi connectivity index (χ2v) is 8.02. The van der Waals surface area contributed by atoms with E-state index in [1.54, 1.807) is 11.0 Å². The molecule has 1 aromatic carbocycles. The van der Waals surface area contributed by atoms with Gasteiger partial charge in [0.2, 0.25) is 5.91 Å². The van der Waals surface area contributed by atoms with Gasteiger partial charge in [0.25, 0.3) is 0 Å². The molecule has 0 radical (unpaired) electrons. The van der Waals surface area contributed by atoms with Gasteiger partial charge in [-0.2, -0.15) is 0 Å². The number of carbonyl (C=O) groups is 1. The van der Waals surface area contributed by atoms with E-state index in [1.165, 1.54) is 18.2 Å². The molecule has 1 aliphatic rings. The van der Waals surface area contributed by atoms with Crippen LogP contribution < -0.4 is 0 Å². The monoisotopic (exact) mass is 347 g/mol. The van der Waals surface area contributed by atoms with E-state index in [1.807, 2.05) is 0 Å². The van der Waals surface area contributed by atoms with Gasteiger partial charge in [-0.3, -0.25) is 4.79 Å². The molecule has 22 heavy (non-hydrogen) atoms. The Hall–Kier alpha value is -1.14. The van der Waals surface area contributed by atoms with Crippen molar-refractivity contribution in [2.75, 3.05) is 24.7 Å². The average molecular weight is 348 g/mol. The average Bonchev–Trinajstić information content (AvgIpc) is 2.64. The molecule has 0 aliphatic carbocycles. The van der Waals surface area contributed by atoms with Crippen LogP contribution in [0.1, 0.15) is 30.1 Å². The molecule has 1 aliphatic heterocycles. The maximum atomic E-state index is 13.9. The summed E-state index contributed by atoms with van der Waals surface area (Å²) in [4.78, 5) is 13.6. The molecule has 1 amide bonds. The summed E-state index contributed by atoms with van der Waals surface area (Å²) in [5.74, 6) is -0.350. The number of alkyl halides is 1. The maximum absolute atomic E-state index is 13.9. The lowest BCUT2D eigenvalue weighted by Crippen LogP contribution is -2.33. The van der Waals surface area contributed by atoms with Crippen LogP contribution in [0.4, 0.5) is 4.39 Å². The van der Waals surface area contributed by atoms with Gasteiger partial charge in [0.1, 0.15) is 5.82 Å². The molecule has 0 spiro atoms. The van der Waals surface area contributed by atoms with Crippen molar-refractivity contribution in [3.05, 3.63) is 35.6 Å². The second kappa shape index (κ2) is 7.42. The molecule has 1 unspecified atom stereocenters. The summed E-state index contributed by atoms with van der Waals surface area (Å²) in [5.41, 5.74) is 0.192. The number of rotatable bonds is 4. The summed E-state index contributed by atoms with van der Waals surface area (Å²) in [5, 5.41) is -0.889. The van der Waals surface area contributed by atoms with Gasteiger partial charge in [0.15, 0.2) is 9.84 Å². The summed E-state index contributed by atoms with van der Waals surface area (Å²) in [6.45, 7) is 0.480. The zero-order valence-corrected chi connectivity index (χ0v) is 13.7. The van der Waals surface area contributed by atoms with Crippen molar-refractivity contribution in [1.29, 1.82) is 0 Å². The third-order valence-corrected chi connectivity index (χ3v) is 6.24. The fourth-order valence-corrected chi connectivity index (χ4v) is 4.59. The summed E-state index contributed by atoms with van der Waals surface area (Å²) in [7, 11) is -3.48. The first kappa shape index (κ1) is 17.2. The third kappa shape index (κ3) is 3.98. The Morgan fingerprint density at radius 3 is 2.73 bits per heavy atom. The van der Waals surface area contributed by atoms with Gasteiger partial charge < -0.3 is 4.90 Å². The number of nitrogens with zero attached hydrogens (tertiary/aromatic N) is 1. The third-order valence-electron chi connectivity index (χ3n) is 3.87. The van der Waals surface area contributed by atoms with Crippen LogP contribution in [0.15, 0.2) is 24.3 Å². The van der Waals surface area contributed by atoms with E-state index in [9.17, 15) is 17.6 Å². The topological polar surface area (TPSA) is 54.5 Å². The molecule has 0 aromatic heterocycles. The van der Waals surface area contributed by atoms with E-state index >= 15 is 0 Å². The van der Waals surface area contributed by atoms with Gasteiger partial charge in [-0.15, -0.1) is 11.6 Å². The Kier molecular flexibility index (Phi) is 5.81. The Labute approximate surface area is 135 Å². The van der Waals surface area contributed by atoms with Crippen molar-refractivity contribution in [3.63, 3.8) is 0 Å². The summed E-state index contributed by atoms with van der Waals surface area (Å²) >= 11 is 5.57. The minimum atomic E-state index is -3.48. The molecule has 1 aromatic rings. The maximum Gasteiger partial charge on any atom is 0.222 e. The van der Waals surface area contributed by atoms with Crippen LogP contribution in [0.3, 0.4) is 0 Å². The molecule has 1 heterocycles. The van der Waals surface area contributed by atoms with E-state index in [0.717, 1.165) is 0 Å². The number of carbonyl (C=O) groups excluding carboxylic acids is 1. The highest BCUT2D eigenvalue weighted by Crippen LogP contribution is 2.31. The zero-order chi connectivity index (χ0) is 16.2. The number of hydrogen-bond donors (Lipinski definition) is 0. The molecule has 0 saturated carbocycles. The second-order valence-electron chi connectivity index (χ2n) is 5.34. The molecule has 1 atom stereocenters. The van der Waals surface area contributed by atoms with Gasteiger partial charge >= 0.3 is 0 Å². The largest absolute Gasteiger partial charge is 0.342 e. The minimum absolute atomic E-state index is 0.0926. The van der Waals surface area contributed by atoms with Gasteiger partial charge in [-0.1, -0.05) is 18.2 Å². The standard InChI is InChI=1S/C15H19ClFNO3S/c16-8-3-6-15(19)18-9-7-14(22(20,21)11-10-18)12-4-1-2-5-13(12)17/h1-2,4-5,14H,3,6-11H2. The van der Waals surface area contributed by atoms with E-state index in [2.05, 4.69) is 0 Å². The van der Waals surface area contributed by atoms with Crippen molar-refractivity contribution in [3.8, 4) is 0 Å². The Morgan fingerprint density at radius 2 is 2.05 bits per heavy atom. The normalized spacial score (nSPS) is 21.4. The Balaban J connectivity index is 2.18. The molecular formula is C15H19ClFNO3S. The number of sulfone groups is 1. The first-order valence-corrected chi connectivity index (χ1v) is 9.50. The van der Waals surface area contributed by atoms with Crippen LogP contribution in [0.25, 0.3) is 0 Å². The van der Waals surface area contributed by atoms with Crippen LogP contribution in [0, 0.1) is 5.82 Å². The van der Waals surface area contributed by atoms with Crippen LogP contribution in [0.5, 0.6) is 0 Å². The lowest BCUT2D eigenvalue weighted by molar-refractivity contribution is -0.130. The highest BCUT2D eigenvalue weighted by atomic mass is 35.5. The molecule has 0 bridgehead atoms. The van der Waals surface area contributed by atoms with Crippen LogP contribution in [-0.4, -0.2) is 43.9 Å². The molecule has 1 fully saturated rings. The first-order chi connectivity index (χ1) is 10.5. The fraction of sp³-hybridized carbons (Fsp3) is 0.533. The fourth-order valence-electron chi connectivity index (χ4n) is 2.65. The summed E-state index contributed by atoms with van der Waals surface area (Å²) < 4.78 is 38.7. The number of amides is 1. The van der Waals surface area contributed by atoms with Gasteiger partial charge in [-0.05, 0) is 18.9 Å². The summed E-state index contributed by atoms with van der Waals surface area (Å²) in [6, 6.07) is 5.92. The quantitative estimate of drug-likeness (QED) is 0.786. The van der Waals surface area contributed by atoms with Crippen molar-refractivity contribution in [2.24, 2.45) is 0 Å². The predicted octanol–water partition coefficient (Wildman–Crippen LogP) is 2.53. The minimum Gasteiger partial charge on any atom is -0.342 e. The Morgan fingerprint density at radius 1 is 1.32 bits per heavy atom. The highest BCUT2D eigenvalue weighted by Gasteiger charge is 2.33. The number of halogens is 2. The lowest BCUT2D eigenvalue weighted by atomic mass is 10.1. The molecule has 7 heteroatoms. The van der Waals surface area contributed by atoms with Gasteiger partial charge in [-0.25, -0.2) is 12.8 Å². The van der Waals surface area contributed by atoms with Crippen molar-refractivity contribution in [1.82, 2.24) is 4.90 Å². The summed E-state index contributed by atoms with van der Waals surface area (Å²) in [6.07, 6.45) is 1.10. The van der Waals surface area contributed by atoms with Gasteiger partial charge in [0.05, 0.1) is 11.0 Å². The van der Waals surface area contributed by atoms with Gasteiger partial charge in [0, 0.05) is 31.0 Å². The van der Waals surface area contributed by atoms with Crippen molar-refractivity contribution >= 4 is 27.3 Å². The van der Waals surface area contributed by atoms with Crippen molar-refractivity contribution in [2.45, 2.75) is 24.5 Å². The highest BCUT2D eigenvalue weighted by molar-refractivity contribution is 7.91. The molecule has 4 nitrogen and oxygen atoms in total. The smallest absolute Gasteiger partial charge is 0.222 e. The molecule has 1 saturated heterocycles.